The van der Waals surface area contributed by atoms with Gasteiger partial charge in [0.2, 0.25) is 5.95 Å². The van der Waals surface area contributed by atoms with Gasteiger partial charge in [0.1, 0.15) is 16.8 Å². The third kappa shape index (κ3) is 8.99. The summed E-state index contributed by atoms with van der Waals surface area (Å²) >= 11 is 11.8. The molecule has 0 unspecified atom stereocenters. The van der Waals surface area contributed by atoms with E-state index in [1.807, 2.05) is 0 Å². The highest BCUT2D eigenvalue weighted by molar-refractivity contribution is 6.33. The topological polar surface area (TPSA) is 107 Å². The Hall–Kier alpha value is -2.66. The molecule has 0 aliphatic carbocycles. The summed E-state index contributed by atoms with van der Waals surface area (Å²) in [4.78, 5) is 20.2. The van der Waals surface area contributed by atoms with E-state index < -0.39 is 5.95 Å². The van der Waals surface area contributed by atoms with Gasteiger partial charge in [-0.2, -0.15) is 4.39 Å². The SMILES string of the molecule is Clc1cncc(NCC2CCOCC2)n1.Fc1cc(-c2cncc(NCC3CCOCC3)n2)c(Cl)cn1. The van der Waals surface area contributed by atoms with Crippen LogP contribution in [0, 0.1) is 17.8 Å². The maximum absolute atomic E-state index is 13.3. The van der Waals surface area contributed by atoms with E-state index in [1.165, 1.54) is 18.5 Å². The van der Waals surface area contributed by atoms with Crippen molar-refractivity contribution in [2.45, 2.75) is 25.7 Å². The average Bonchev–Trinajstić information content (AvgIpc) is 2.94. The number of hydrogen-bond donors (Lipinski definition) is 2. The van der Waals surface area contributed by atoms with E-state index in [9.17, 15) is 4.39 Å². The zero-order chi connectivity index (χ0) is 25.9. The van der Waals surface area contributed by atoms with Crippen LogP contribution in [0.15, 0.2) is 37.1 Å². The number of rotatable bonds is 7. The van der Waals surface area contributed by atoms with E-state index in [-0.39, 0.29) is 0 Å². The van der Waals surface area contributed by atoms with Gasteiger partial charge in [-0.25, -0.2) is 15.0 Å². The molecule has 2 aliphatic heterocycles. The fraction of sp³-hybridized carbons (Fsp3) is 0.480. The molecule has 0 saturated carbocycles. The van der Waals surface area contributed by atoms with Crippen molar-refractivity contribution < 1.29 is 13.9 Å². The Balaban J connectivity index is 0.000000186. The maximum atomic E-state index is 13.3. The van der Waals surface area contributed by atoms with Gasteiger partial charge >= 0.3 is 0 Å². The fourth-order valence-electron chi connectivity index (χ4n) is 4.02. The number of anilines is 2. The normalized spacial score (nSPS) is 16.5. The molecule has 5 rings (SSSR count). The molecule has 9 nitrogen and oxygen atoms in total. The van der Waals surface area contributed by atoms with Gasteiger partial charge in [-0.3, -0.25) is 9.97 Å². The summed E-state index contributed by atoms with van der Waals surface area (Å²) in [6.07, 6.45) is 12.0. The van der Waals surface area contributed by atoms with Gasteiger partial charge in [-0.1, -0.05) is 23.2 Å². The third-order valence-electron chi connectivity index (χ3n) is 6.16. The number of aromatic nitrogens is 5. The molecule has 2 aliphatic rings. The quantitative estimate of drug-likeness (QED) is 0.387. The number of hydrogen-bond acceptors (Lipinski definition) is 9. The number of ether oxygens (including phenoxy) is 2. The molecule has 198 valence electrons. The predicted octanol–water partition coefficient (Wildman–Crippen LogP) is 5.14. The molecule has 12 heteroatoms. The molecule has 5 heterocycles. The van der Waals surface area contributed by atoms with Gasteiger partial charge in [0.25, 0.3) is 0 Å². The Morgan fingerprint density at radius 1 is 0.784 bits per heavy atom. The first-order valence-electron chi connectivity index (χ1n) is 12.3. The summed E-state index contributed by atoms with van der Waals surface area (Å²) in [6, 6.07) is 1.26. The number of nitrogens with zero attached hydrogens (tertiary/aromatic N) is 5. The minimum Gasteiger partial charge on any atom is -0.381 e. The van der Waals surface area contributed by atoms with Crippen LogP contribution >= 0.6 is 23.2 Å². The smallest absolute Gasteiger partial charge is 0.213 e. The third-order valence-corrected chi connectivity index (χ3v) is 6.65. The highest BCUT2D eigenvalue weighted by atomic mass is 35.5. The Morgan fingerprint density at radius 3 is 1.95 bits per heavy atom. The van der Waals surface area contributed by atoms with E-state index in [4.69, 9.17) is 32.7 Å². The number of pyridine rings is 1. The summed E-state index contributed by atoms with van der Waals surface area (Å²) in [5.74, 6) is 2.04. The monoisotopic (exact) mass is 549 g/mol. The van der Waals surface area contributed by atoms with E-state index in [0.29, 0.717) is 39.1 Å². The minimum absolute atomic E-state index is 0.345. The van der Waals surface area contributed by atoms with Gasteiger partial charge in [0.05, 0.1) is 35.5 Å². The first-order valence-corrected chi connectivity index (χ1v) is 13.1. The molecule has 0 amide bonds. The maximum Gasteiger partial charge on any atom is 0.213 e. The van der Waals surface area contributed by atoms with Gasteiger partial charge < -0.3 is 20.1 Å². The largest absolute Gasteiger partial charge is 0.381 e. The summed E-state index contributed by atoms with van der Waals surface area (Å²) < 4.78 is 23.9. The minimum atomic E-state index is -0.596. The molecule has 0 radical (unpaired) electrons. The molecule has 0 atom stereocenters. The molecule has 0 aromatic carbocycles. The van der Waals surface area contributed by atoms with Crippen molar-refractivity contribution in [1.29, 1.82) is 0 Å². The molecule has 0 bridgehead atoms. The van der Waals surface area contributed by atoms with Crippen molar-refractivity contribution in [3.63, 3.8) is 0 Å². The Bertz CT molecular complexity index is 1130. The van der Waals surface area contributed by atoms with Crippen molar-refractivity contribution >= 4 is 34.8 Å². The Morgan fingerprint density at radius 2 is 1.35 bits per heavy atom. The molecule has 3 aromatic heterocycles. The van der Waals surface area contributed by atoms with Gasteiger partial charge in [-0.05, 0) is 37.5 Å². The second kappa shape index (κ2) is 14.3. The molecule has 3 aromatic rings. The molecular weight excluding hydrogens is 520 g/mol. The van der Waals surface area contributed by atoms with Crippen molar-refractivity contribution in [3.8, 4) is 11.3 Å². The number of nitrogens with one attached hydrogen (secondary N) is 2. The molecule has 2 fully saturated rings. The van der Waals surface area contributed by atoms with Gasteiger partial charge in [-0.15, -0.1) is 0 Å². The van der Waals surface area contributed by atoms with Crippen LogP contribution < -0.4 is 10.6 Å². The van der Waals surface area contributed by atoms with Crippen LogP contribution in [0.5, 0.6) is 0 Å². The van der Waals surface area contributed by atoms with Crippen molar-refractivity contribution in [1.82, 2.24) is 24.9 Å². The van der Waals surface area contributed by atoms with Crippen LogP contribution in [0.4, 0.5) is 16.0 Å². The lowest BCUT2D eigenvalue weighted by Crippen LogP contribution is -2.23. The first-order chi connectivity index (χ1) is 18.1. The van der Waals surface area contributed by atoms with Gasteiger partial charge in [0, 0.05) is 57.3 Å². The zero-order valence-corrected chi connectivity index (χ0v) is 21.9. The summed E-state index contributed by atoms with van der Waals surface area (Å²) in [6.45, 7) is 5.09. The van der Waals surface area contributed by atoms with Crippen LogP contribution in [0.3, 0.4) is 0 Å². The van der Waals surface area contributed by atoms with Crippen molar-refractivity contribution in [2.24, 2.45) is 11.8 Å². The predicted molar refractivity (Wildman–Crippen MR) is 141 cm³/mol. The summed E-state index contributed by atoms with van der Waals surface area (Å²) in [7, 11) is 0. The van der Waals surface area contributed by atoms with Gasteiger partial charge in [0.15, 0.2) is 0 Å². The van der Waals surface area contributed by atoms with E-state index in [2.05, 4.69) is 35.6 Å². The second-order valence-electron chi connectivity index (χ2n) is 8.88. The fourth-order valence-corrected chi connectivity index (χ4v) is 4.36. The van der Waals surface area contributed by atoms with E-state index in [1.54, 1.807) is 18.6 Å². The first kappa shape index (κ1) is 27.4. The highest BCUT2D eigenvalue weighted by Gasteiger charge is 2.15. The second-order valence-corrected chi connectivity index (χ2v) is 9.67. The van der Waals surface area contributed by atoms with Crippen LogP contribution in [0.2, 0.25) is 10.2 Å². The summed E-state index contributed by atoms with van der Waals surface area (Å²) in [5.41, 5.74) is 1.000. The Kier molecular flexibility index (Phi) is 10.6. The Labute approximate surface area is 225 Å². The number of halogens is 3. The van der Waals surface area contributed by atoms with Crippen molar-refractivity contribution in [2.75, 3.05) is 50.2 Å². The van der Waals surface area contributed by atoms with Crippen LogP contribution in [0.1, 0.15) is 25.7 Å². The van der Waals surface area contributed by atoms with E-state index >= 15 is 0 Å². The zero-order valence-electron chi connectivity index (χ0n) is 20.4. The molecule has 37 heavy (non-hydrogen) atoms. The average molecular weight is 550 g/mol. The standard InChI is InChI=1S/C15H16ClFN4O.C10H14ClN3O/c16-12-7-19-14(17)5-11(12)13-8-18-9-15(21-13)20-6-10-1-3-22-4-2-10;11-9-6-12-7-10(14-9)13-5-8-1-3-15-4-2-8/h5,7-10H,1-4,6H2,(H,20,21);6-8H,1-5H2,(H,13,14). The lowest BCUT2D eigenvalue weighted by molar-refractivity contribution is 0.0698. The van der Waals surface area contributed by atoms with Crippen LogP contribution in [-0.2, 0) is 9.47 Å². The summed E-state index contributed by atoms with van der Waals surface area (Å²) in [5, 5.41) is 7.29. The molecule has 0 spiro atoms. The van der Waals surface area contributed by atoms with Crippen LogP contribution in [-0.4, -0.2) is 64.4 Å². The molecule has 2 saturated heterocycles. The molecule has 2 N–H and O–H groups in total. The van der Waals surface area contributed by atoms with Crippen LogP contribution in [0.25, 0.3) is 11.3 Å². The molecular formula is C25H30Cl2FN7O2. The van der Waals surface area contributed by atoms with Crippen molar-refractivity contribution in [3.05, 3.63) is 53.2 Å². The lowest BCUT2D eigenvalue weighted by atomic mass is 10.0. The lowest BCUT2D eigenvalue weighted by Gasteiger charge is -2.22. The van der Waals surface area contributed by atoms with E-state index in [0.717, 1.165) is 71.0 Å². The highest BCUT2D eigenvalue weighted by Crippen LogP contribution is 2.26.